The maximum Gasteiger partial charge on any atom is 0.0456 e. The molecule has 2 aromatic rings. The third kappa shape index (κ3) is 2.11. The Balaban J connectivity index is 1.25. The smallest absolute Gasteiger partial charge is 0.0456 e. The van der Waals surface area contributed by atoms with Gasteiger partial charge in [0.2, 0.25) is 0 Å². The third-order valence-corrected chi connectivity index (χ3v) is 6.68. The van der Waals surface area contributed by atoms with Gasteiger partial charge in [-0.05, 0) is 80.4 Å². The fourth-order valence-electron chi connectivity index (χ4n) is 5.97. The highest BCUT2D eigenvalue weighted by atomic mass is 14.9. The molecule has 4 aliphatic rings. The summed E-state index contributed by atoms with van der Waals surface area (Å²) in [5, 5.41) is 5.35. The summed E-state index contributed by atoms with van der Waals surface area (Å²) in [4.78, 5) is 3.40. The monoisotopic (exact) mass is 294 g/mol. The Morgan fingerprint density at radius 2 is 1.68 bits per heavy atom. The highest BCUT2D eigenvalue weighted by molar-refractivity contribution is 5.83. The predicted octanol–water partition coefficient (Wildman–Crippen LogP) is 4.12. The molecule has 2 nitrogen and oxygen atoms in total. The maximum absolute atomic E-state index is 3.95. The van der Waals surface area contributed by atoms with E-state index in [9.17, 15) is 0 Å². The van der Waals surface area contributed by atoms with Gasteiger partial charge in [-0.25, -0.2) is 0 Å². The molecule has 1 aromatic carbocycles. The van der Waals surface area contributed by atoms with Crippen molar-refractivity contribution in [2.45, 2.75) is 44.6 Å². The zero-order valence-electron chi connectivity index (χ0n) is 13.2. The summed E-state index contributed by atoms with van der Waals surface area (Å²) in [6.07, 6.45) is 10.9. The van der Waals surface area contributed by atoms with E-state index in [1.54, 1.807) is 6.42 Å². The number of fused-ring (bicyclic) bond motifs is 1. The second-order valence-corrected chi connectivity index (χ2v) is 8.02. The molecule has 1 aromatic heterocycles. The van der Waals surface area contributed by atoms with Crippen molar-refractivity contribution < 1.29 is 0 Å². The summed E-state index contributed by atoms with van der Waals surface area (Å²) in [6, 6.07) is 9.48. The van der Waals surface area contributed by atoms with Crippen molar-refractivity contribution in [3.8, 4) is 0 Å². The highest BCUT2D eigenvalue weighted by Gasteiger charge is 2.47. The number of hydrogen-bond donors (Lipinski definition) is 2. The Hall–Kier alpha value is -1.28. The van der Waals surface area contributed by atoms with Crippen LogP contribution in [0.2, 0.25) is 0 Å². The second kappa shape index (κ2) is 5.13. The van der Waals surface area contributed by atoms with Crippen LogP contribution >= 0.6 is 0 Å². The minimum atomic E-state index is 0.818. The lowest BCUT2D eigenvalue weighted by Gasteiger charge is -2.54. The first-order chi connectivity index (χ1) is 10.9. The summed E-state index contributed by atoms with van der Waals surface area (Å²) < 4.78 is 0. The largest absolute Gasteiger partial charge is 0.361 e. The number of para-hydroxylation sites is 1. The molecule has 0 amide bonds. The molecule has 116 valence electrons. The van der Waals surface area contributed by atoms with Gasteiger partial charge in [-0.2, -0.15) is 0 Å². The zero-order chi connectivity index (χ0) is 14.5. The number of hydrogen-bond acceptors (Lipinski definition) is 1. The van der Waals surface area contributed by atoms with Crippen LogP contribution in [0.1, 0.15) is 37.7 Å². The standard InChI is InChI=1S/C20H26N2/c1-2-4-19-18(3-1)15(12-22-19)5-6-21-20-16-8-13-7-14(10-16)11-17(20)9-13/h1-4,12-14,16-17,20-22H,5-11H2. The first-order valence-corrected chi connectivity index (χ1v) is 9.15. The van der Waals surface area contributed by atoms with Gasteiger partial charge in [-0.15, -0.1) is 0 Å². The van der Waals surface area contributed by atoms with Gasteiger partial charge in [0.1, 0.15) is 0 Å². The average Bonchev–Trinajstić information content (AvgIpc) is 2.93. The lowest BCUT2D eigenvalue weighted by atomic mass is 9.54. The number of H-pyrrole nitrogens is 1. The summed E-state index contributed by atoms with van der Waals surface area (Å²) in [5.74, 6) is 4.13. The first kappa shape index (κ1) is 13.2. The average molecular weight is 294 g/mol. The van der Waals surface area contributed by atoms with Gasteiger partial charge in [-0.3, -0.25) is 0 Å². The Morgan fingerprint density at radius 3 is 2.45 bits per heavy atom. The topological polar surface area (TPSA) is 27.8 Å². The van der Waals surface area contributed by atoms with Crippen LogP contribution in [0.3, 0.4) is 0 Å². The molecule has 2 heteroatoms. The van der Waals surface area contributed by atoms with Crippen LogP contribution in [0.15, 0.2) is 30.5 Å². The van der Waals surface area contributed by atoms with Gasteiger partial charge in [0, 0.05) is 23.1 Å². The molecule has 0 radical (unpaired) electrons. The normalized spacial score (nSPS) is 36.3. The van der Waals surface area contributed by atoms with Crippen LogP contribution in [0.5, 0.6) is 0 Å². The van der Waals surface area contributed by atoms with Gasteiger partial charge in [0.05, 0.1) is 0 Å². The molecule has 0 aliphatic heterocycles. The van der Waals surface area contributed by atoms with Gasteiger partial charge in [-0.1, -0.05) is 18.2 Å². The molecule has 0 atom stereocenters. The molecule has 1 heterocycles. The fraction of sp³-hybridized carbons (Fsp3) is 0.600. The number of aromatic amines is 1. The number of aromatic nitrogens is 1. The van der Waals surface area contributed by atoms with Crippen LogP contribution in [-0.2, 0) is 6.42 Å². The molecule has 4 saturated carbocycles. The van der Waals surface area contributed by atoms with Crippen molar-refractivity contribution in [3.05, 3.63) is 36.0 Å². The van der Waals surface area contributed by atoms with E-state index in [0.29, 0.717) is 0 Å². The van der Waals surface area contributed by atoms with E-state index in [0.717, 1.165) is 42.7 Å². The van der Waals surface area contributed by atoms with E-state index in [1.165, 1.54) is 42.1 Å². The Morgan fingerprint density at radius 1 is 0.955 bits per heavy atom. The van der Waals surface area contributed by atoms with Gasteiger partial charge >= 0.3 is 0 Å². The lowest BCUT2D eigenvalue weighted by Crippen LogP contribution is -2.54. The summed E-state index contributed by atoms with van der Waals surface area (Å²) >= 11 is 0. The number of benzene rings is 1. The minimum absolute atomic E-state index is 0.818. The summed E-state index contributed by atoms with van der Waals surface area (Å²) in [7, 11) is 0. The molecule has 4 bridgehead atoms. The van der Waals surface area contributed by atoms with Gasteiger partial charge in [0.15, 0.2) is 0 Å². The molecule has 0 unspecified atom stereocenters. The Bertz CT molecular complexity index is 643. The zero-order valence-corrected chi connectivity index (χ0v) is 13.2. The molecule has 2 N–H and O–H groups in total. The molecule has 6 rings (SSSR count). The van der Waals surface area contributed by atoms with E-state index in [4.69, 9.17) is 0 Å². The molecule has 0 spiro atoms. The minimum Gasteiger partial charge on any atom is -0.361 e. The van der Waals surface area contributed by atoms with Crippen LogP contribution in [0, 0.1) is 23.7 Å². The lowest BCUT2D eigenvalue weighted by molar-refractivity contribution is -0.0133. The van der Waals surface area contributed by atoms with Gasteiger partial charge in [0.25, 0.3) is 0 Å². The molecule has 4 fully saturated rings. The van der Waals surface area contributed by atoms with E-state index < -0.39 is 0 Å². The quantitative estimate of drug-likeness (QED) is 0.872. The van der Waals surface area contributed by atoms with Crippen LogP contribution in [0.4, 0.5) is 0 Å². The third-order valence-electron chi connectivity index (χ3n) is 6.68. The predicted molar refractivity (Wildman–Crippen MR) is 90.8 cm³/mol. The molecule has 4 aliphatic carbocycles. The van der Waals surface area contributed by atoms with E-state index in [1.807, 2.05) is 0 Å². The summed E-state index contributed by atoms with van der Waals surface area (Å²) in [6.45, 7) is 1.13. The first-order valence-electron chi connectivity index (χ1n) is 9.15. The number of rotatable bonds is 4. The van der Waals surface area contributed by atoms with Crippen molar-refractivity contribution >= 4 is 10.9 Å². The molecule has 0 saturated heterocycles. The van der Waals surface area contributed by atoms with Crippen LogP contribution in [-0.4, -0.2) is 17.6 Å². The highest BCUT2D eigenvalue weighted by Crippen LogP contribution is 2.53. The van der Waals surface area contributed by atoms with Crippen molar-refractivity contribution in [3.63, 3.8) is 0 Å². The van der Waals surface area contributed by atoms with Crippen molar-refractivity contribution in [1.82, 2.24) is 10.3 Å². The Kier molecular flexibility index (Phi) is 3.07. The molecular weight excluding hydrogens is 268 g/mol. The van der Waals surface area contributed by atoms with E-state index in [2.05, 4.69) is 40.8 Å². The number of nitrogens with one attached hydrogen (secondary N) is 2. The summed E-state index contributed by atoms with van der Waals surface area (Å²) in [5.41, 5.74) is 2.74. The van der Waals surface area contributed by atoms with Crippen LogP contribution < -0.4 is 5.32 Å². The van der Waals surface area contributed by atoms with Crippen molar-refractivity contribution in [1.29, 1.82) is 0 Å². The maximum atomic E-state index is 3.95. The van der Waals surface area contributed by atoms with Crippen LogP contribution in [0.25, 0.3) is 10.9 Å². The Labute approximate surface area is 132 Å². The van der Waals surface area contributed by atoms with Crippen molar-refractivity contribution in [2.24, 2.45) is 23.7 Å². The van der Waals surface area contributed by atoms with Crippen molar-refractivity contribution in [2.75, 3.05) is 6.54 Å². The van der Waals surface area contributed by atoms with E-state index >= 15 is 0 Å². The molecule has 22 heavy (non-hydrogen) atoms. The molecular formula is C20H26N2. The second-order valence-electron chi connectivity index (χ2n) is 8.02. The van der Waals surface area contributed by atoms with E-state index in [-0.39, 0.29) is 0 Å². The van der Waals surface area contributed by atoms with Gasteiger partial charge < -0.3 is 10.3 Å². The fourth-order valence-corrected chi connectivity index (χ4v) is 5.97. The SMILES string of the molecule is c1ccc2c(CCNC3C4CC5CC(C4)CC3C5)c[nH]c2c1.